The van der Waals surface area contributed by atoms with Gasteiger partial charge in [-0.25, -0.2) is 0 Å². The molecule has 2 aliphatic heterocycles. The van der Waals surface area contributed by atoms with Crippen molar-refractivity contribution in [3.8, 4) is 5.75 Å². The molecule has 1 atom stereocenters. The number of rotatable bonds is 8. The van der Waals surface area contributed by atoms with Crippen molar-refractivity contribution in [1.29, 1.82) is 0 Å². The number of likely N-dealkylation sites (tertiary alicyclic amines) is 1. The summed E-state index contributed by atoms with van der Waals surface area (Å²) in [6, 6.07) is 9.96. The lowest BCUT2D eigenvalue weighted by molar-refractivity contribution is -0.140. The van der Waals surface area contributed by atoms with Crippen LogP contribution >= 0.6 is 11.3 Å². The fraction of sp³-hybridized carbons (Fsp3) is 0.333. The summed E-state index contributed by atoms with van der Waals surface area (Å²) in [7, 11) is 0. The SMILES string of the molecule is C=CCOc1ccc(/C(O)=C2\C(=O)C(=O)N(CCN3CCOCC3)C2c2cccs2)cc1. The lowest BCUT2D eigenvalue weighted by atomic mass is 10.00. The summed E-state index contributed by atoms with van der Waals surface area (Å²) in [4.78, 5) is 30.6. The van der Waals surface area contributed by atoms with Crippen molar-refractivity contribution in [2.24, 2.45) is 0 Å². The molecule has 32 heavy (non-hydrogen) atoms. The molecule has 1 aromatic heterocycles. The highest BCUT2D eigenvalue weighted by Crippen LogP contribution is 2.41. The van der Waals surface area contributed by atoms with Crippen molar-refractivity contribution in [2.75, 3.05) is 46.0 Å². The predicted molar refractivity (Wildman–Crippen MR) is 123 cm³/mol. The van der Waals surface area contributed by atoms with Crippen molar-refractivity contribution < 1.29 is 24.2 Å². The molecule has 1 amide bonds. The summed E-state index contributed by atoms with van der Waals surface area (Å²) >= 11 is 1.46. The number of nitrogens with zero attached hydrogens (tertiary/aromatic N) is 2. The Morgan fingerprint density at radius 2 is 1.94 bits per heavy atom. The first-order valence-corrected chi connectivity index (χ1v) is 11.4. The van der Waals surface area contributed by atoms with Gasteiger partial charge < -0.3 is 19.5 Å². The van der Waals surface area contributed by atoms with E-state index in [2.05, 4.69) is 11.5 Å². The molecular formula is C24H26N2O5S. The zero-order valence-corrected chi connectivity index (χ0v) is 18.6. The molecule has 7 nitrogen and oxygen atoms in total. The van der Waals surface area contributed by atoms with E-state index in [-0.39, 0.29) is 11.3 Å². The Morgan fingerprint density at radius 3 is 2.59 bits per heavy atom. The van der Waals surface area contributed by atoms with Gasteiger partial charge in [0.25, 0.3) is 11.7 Å². The lowest BCUT2D eigenvalue weighted by Gasteiger charge is -2.30. The molecule has 168 valence electrons. The maximum Gasteiger partial charge on any atom is 0.295 e. The number of hydrogen-bond acceptors (Lipinski definition) is 7. The van der Waals surface area contributed by atoms with E-state index in [1.54, 1.807) is 35.2 Å². The Hall–Kier alpha value is -2.94. The van der Waals surface area contributed by atoms with Crippen LogP contribution in [-0.4, -0.2) is 72.6 Å². The molecule has 8 heteroatoms. The third-order valence-electron chi connectivity index (χ3n) is 5.61. The fourth-order valence-corrected chi connectivity index (χ4v) is 4.79. The molecule has 0 radical (unpaired) electrons. The first kappa shape index (κ1) is 22.3. The monoisotopic (exact) mass is 454 g/mol. The molecule has 2 fully saturated rings. The Morgan fingerprint density at radius 1 is 1.19 bits per heavy atom. The molecule has 1 unspecified atom stereocenters. The van der Waals surface area contributed by atoms with Crippen molar-refractivity contribution >= 4 is 28.8 Å². The molecule has 2 saturated heterocycles. The lowest BCUT2D eigenvalue weighted by Crippen LogP contribution is -2.42. The first-order chi connectivity index (χ1) is 15.6. The number of Topliss-reactive ketones (excluding diaryl/α,β-unsaturated/α-hetero) is 1. The van der Waals surface area contributed by atoms with Gasteiger partial charge in [-0.15, -0.1) is 11.3 Å². The van der Waals surface area contributed by atoms with Crippen molar-refractivity contribution in [2.45, 2.75) is 6.04 Å². The summed E-state index contributed by atoms with van der Waals surface area (Å²) < 4.78 is 10.9. The van der Waals surface area contributed by atoms with Crippen LogP contribution < -0.4 is 4.74 Å². The minimum Gasteiger partial charge on any atom is -0.507 e. The molecule has 2 aliphatic rings. The molecule has 0 saturated carbocycles. The van der Waals surface area contributed by atoms with Crippen LogP contribution in [0.1, 0.15) is 16.5 Å². The van der Waals surface area contributed by atoms with E-state index in [1.807, 2.05) is 17.5 Å². The van der Waals surface area contributed by atoms with Gasteiger partial charge >= 0.3 is 0 Å². The van der Waals surface area contributed by atoms with Crippen LogP contribution in [-0.2, 0) is 14.3 Å². The van der Waals surface area contributed by atoms with Crippen LogP contribution in [0.4, 0.5) is 0 Å². The number of aliphatic hydroxyl groups excluding tert-OH is 1. The second kappa shape index (κ2) is 10.1. The Labute approximate surface area is 191 Å². The quantitative estimate of drug-likeness (QED) is 0.286. The number of aliphatic hydroxyl groups is 1. The standard InChI is InChI=1S/C24H26N2O5S/c1-2-13-31-18-7-5-17(6-8-18)22(27)20-21(19-4-3-16-32-19)26(24(29)23(20)28)10-9-25-11-14-30-15-12-25/h2-8,16,21,27H,1,9-15H2/b22-20+. The summed E-state index contributed by atoms with van der Waals surface area (Å²) in [5, 5.41) is 13.0. The topological polar surface area (TPSA) is 79.3 Å². The minimum atomic E-state index is -0.658. The summed E-state index contributed by atoms with van der Waals surface area (Å²) in [6.07, 6.45) is 1.65. The normalized spacial score (nSPS) is 21.1. The third-order valence-corrected chi connectivity index (χ3v) is 6.53. The van der Waals surface area contributed by atoms with Gasteiger partial charge in [0, 0.05) is 36.6 Å². The minimum absolute atomic E-state index is 0.124. The van der Waals surface area contributed by atoms with Crippen LogP contribution in [0.25, 0.3) is 5.76 Å². The summed E-state index contributed by atoms with van der Waals surface area (Å²) in [6.45, 7) is 7.97. The van der Waals surface area contributed by atoms with Crippen LogP contribution in [0.15, 0.2) is 60.0 Å². The Kier molecular flexibility index (Phi) is 7.04. The number of ether oxygens (including phenoxy) is 2. The van der Waals surface area contributed by atoms with Gasteiger partial charge in [0.2, 0.25) is 0 Å². The Balaban J connectivity index is 1.64. The molecule has 2 aromatic rings. The highest BCUT2D eigenvalue weighted by atomic mass is 32.1. The van der Waals surface area contributed by atoms with Gasteiger partial charge in [-0.2, -0.15) is 0 Å². The Bertz CT molecular complexity index is 994. The molecule has 4 rings (SSSR count). The summed E-state index contributed by atoms with van der Waals surface area (Å²) in [5.74, 6) is -0.785. The van der Waals surface area contributed by atoms with Gasteiger partial charge in [-0.1, -0.05) is 18.7 Å². The van der Waals surface area contributed by atoms with E-state index in [0.717, 1.165) is 18.0 Å². The number of carbonyl (C=O) groups is 2. The maximum absolute atomic E-state index is 13.0. The molecular weight excluding hydrogens is 428 g/mol. The van der Waals surface area contributed by atoms with E-state index in [9.17, 15) is 14.7 Å². The van der Waals surface area contributed by atoms with E-state index < -0.39 is 17.7 Å². The van der Waals surface area contributed by atoms with Gasteiger partial charge in [0.15, 0.2) is 0 Å². The number of ketones is 1. The van der Waals surface area contributed by atoms with E-state index >= 15 is 0 Å². The molecule has 0 bridgehead atoms. The zero-order valence-electron chi connectivity index (χ0n) is 17.7. The van der Waals surface area contributed by atoms with Gasteiger partial charge in [0.1, 0.15) is 18.1 Å². The second-order valence-corrected chi connectivity index (χ2v) is 8.57. The van der Waals surface area contributed by atoms with Gasteiger partial charge in [-0.05, 0) is 35.7 Å². The maximum atomic E-state index is 13.0. The smallest absolute Gasteiger partial charge is 0.295 e. The number of hydrogen-bond donors (Lipinski definition) is 1. The number of morpholine rings is 1. The van der Waals surface area contributed by atoms with Gasteiger partial charge in [-0.3, -0.25) is 14.5 Å². The van der Waals surface area contributed by atoms with E-state index in [4.69, 9.17) is 9.47 Å². The number of benzene rings is 1. The van der Waals surface area contributed by atoms with Crippen LogP contribution in [0.5, 0.6) is 5.75 Å². The third kappa shape index (κ3) is 4.62. The van der Waals surface area contributed by atoms with E-state index in [0.29, 0.717) is 44.2 Å². The molecule has 0 spiro atoms. The predicted octanol–water partition coefficient (Wildman–Crippen LogP) is 3.07. The highest BCUT2D eigenvalue weighted by molar-refractivity contribution is 7.10. The number of thiophene rings is 1. The zero-order chi connectivity index (χ0) is 22.5. The van der Waals surface area contributed by atoms with Crippen molar-refractivity contribution in [3.05, 3.63) is 70.4 Å². The average Bonchev–Trinajstić information content (AvgIpc) is 3.44. The average molecular weight is 455 g/mol. The van der Waals surface area contributed by atoms with Crippen molar-refractivity contribution in [1.82, 2.24) is 9.80 Å². The largest absolute Gasteiger partial charge is 0.507 e. The fourth-order valence-electron chi connectivity index (χ4n) is 3.95. The van der Waals surface area contributed by atoms with E-state index in [1.165, 1.54) is 11.3 Å². The van der Waals surface area contributed by atoms with Crippen LogP contribution in [0.3, 0.4) is 0 Å². The molecule has 1 aromatic carbocycles. The van der Waals surface area contributed by atoms with Crippen LogP contribution in [0, 0.1) is 0 Å². The highest BCUT2D eigenvalue weighted by Gasteiger charge is 2.46. The summed E-state index contributed by atoms with van der Waals surface area (Å²) in [5.41, 5.74) is 0.586. The van der Waals surface area contributed by atoms with Gasteiger partial charge in [0.05, 0.1) is 24.8 Å². The molecule has 3 heterocycles. The second-order valence-electron chi connectivity index (χ2n) is 7.59. The molecule has 0 aliphatic carbocycles. The van der Waals surface area contributed by atoms with Crippen molar-refractivity contribution in [3.63, 3.8) is 0 Å². The molecule has 1 N–H and O–H groups in total. The first-order valence-electron chi connectivity index (χ1n) is 10.6. The number of carbonyl (C=O) groups excluding carboxylic acids is 2. The number of amides is 1. The van der Waals surface area contributed by atoms with Crippen LogP contribution in [0.2, 0.25) is 0 Å².